The van der Waals surface area contributed by atoms with Crippen molar-refractivity contribution < 1.29 is 29.3 Å². The Kier molecular flexibility index (Phi) is 8.35. The first-order valence-corrected chi connectivity index (χ1v) is 11.7. The predicted molar refractivity (Wildman–Crippen MR) is 117 cm³/mol. The molecule has 2 aliphatic rings. The number of carbonyl (C=O) groups is 2. The lowest BCUT2D eigenvalue weighted by Gasteiger charge is -2.32. The minimum atomic E-state index is -0.986. The number of carboxylic acids is 1. The normalized spacial score (nSPS) is 25.4. The number of aliphatic carboxylic acids is 1. The molecule has 0 heterocycles. The van der Waals surface area contributed by atoms with Crippen LogP contribution in [0.2, 0.25) is 0 Å². The first kappa shape index (κ1) is 23.6. The summed E-state index contributed by atoms with van der Waals surface area (Å²) < 4.78 is 11.3. The molecule has 6 heteroatoms. The van der Waals surface area contributed by atoms with Crippen molar-refractivity contribution in [1.29, 1.82) is 0 Å². The van der Waals surface area contributed by atoms with E-state index in [2.05, 4.69) is 13.0 Å². The summed E-state index contributed by atoms with van der Waals surface area (Å²) in [6, 6.07) is 5.85. The maximum atomic E-state index is 11.7. The van der Waals surface area contributed by atoms with E-state index in [1.54, 1.807) is 0 Å². The van der Waals surface area contributed by atoms with Crippen LogP contribution in [-0.4, -0.2) is 41.0 Å². The van der Waals surface area contributed by atoms with E-state index in [-0.39, 0.29) is 30.7 Å². The molecule has 6 nitrogen and oxygen atoms in total. The first-order chi connectivity index (χ1) is 14.9. The fourth-order valence-corrected chi connectivity index (χ4v) is 5.56. The fourth-order valence-electron chi connectivity index (χ4n) is 5.56. The third-order valence-electron chi connectivity index (χ3n) is 6.96. The molecule has 1 aromatic rings. The Morgan fingerprint density at radius 3 is 2.71 bits per heavy atom. The summed E-state index contributed by atoms with van der Waals surface area (Å²) in [5.41, 5.74) is 2.29. The van der Waals surface area contributed by atoms with Crippen LogP contribution in [0.1, 0.15) is 69.9 Å². The second-order valence-electron chi connectivity index (χ2n) is 9.18. The molecule has 0 unspecified atom stereocenters. The quantitative estimate of drug-likeness (QED) is 0.403. The third-order valence-corrected chi connectivity index (χ3v) is 6.96. The standard InChI is InChI=1S/C25H36O6/c1-3-4-5-8-19(27)10-11-20-21-12-17-7-6-9-23(30-15-25(28)29)22(17)13-18(21)14-24(20)31-16(2)26/h6-7,9,18-21,24,27H,3-5,8,10-15H2,1-2H3,(H,28,29)/t18-,19-,20+,21-,24+/m0/s1. The van der Waals surface area contributed by atoms with Gasteiger partial charge in [-0.2, -0.15) is 0 Å². The van der Waals surface area contributed by atoms with Crippen molar-refractivity contribution in [2.45, 2.75) is 83.8 Å². The highest BCUT2D eigenvalue weighted by Crippen LogP contribution is 2.49. The molecule has 2 aliphatic carbocycles. The largest absolute Gasteiger partial charge is 0.482 e. The molecule has 31 heavy (non-hydrogen) atoms. The van der Waals surface area contributed by atoms with Crippen molar-refractivity contribution >= 4 is 11.9 Å². The van der Waals surface area contributed by atoms with E-state index < -0.39 is 5.97 Å². The Morgan fingerprint density at radius 1 is 1.19 bits per heavy atom. The van der Waals surface area contributed by atoms with E-state index in [0.29, 0.717) is 17.6 Å². The van der Waals surface area contributed by atoms with Gasteiger partial charge in [0, 0.05) is 6.92 Å². The number of aliphatic hydroxyl groups is 1. The highest BCUT2D eigenvalue weighted by atomic mass is 16.5. The lowest BCUT2D eigenvalue weighted by atomic mass is 9.73. The molecule has 0 saturated heterocycles. The smallest absolute Gasteiger partial charge is 0.341 e. The van der Waals surface area contributed by atoms with Crippen LogP contribution >= 0.6 is 0 Å². The van der Waals surface area contributed by atoms with Crippen molar-refractivity contribution in [2.75, 3.05) is 6.61 Å². The number of benzene rings is 1. The SMILES string of the molecule is CCCCC[C@H](O)CC[C@@H]1[C@H]2Cc3cccc(OCC(=O)O)c3C[C@H]2C[C@H]1OC(C)=O. The number of unbranched alkanes of at least 4 members (excludes halogenated alkanes) is 2. The van der Waals surface area contributed by atoms with E-state index in [1.807, 2.05) is 12.1 Å². The van der Waals surface area contributed by atoms with Gasteiger partial charge in [0.1, 0.15) is 11.9 Å². The van der Waals surface area contributed by atoms with Crippen LogP contribution < -0.4 is 4.74 Å². The van der Waals surface area contributed by atoms with E-state index in [9.17, 15) is 14.7 Å². The van der Waals surface area contributed by atoms with Crippen molar-refractivity contribution in [3.05, 3.63) is 29.3 Å². The van der Waals surface area contributed by atoms with Crippen LogP contribution in [0, 0.1) is 17.8 Å². The number of carbonyl (C=O) groups excluding carboxylic acids is 1. The van der Waals surface area contributed by atoms with Crippen LogP contribution in [0.25, 0.3) is 0 Å². The number of hydrogen-bond donors (Lipinski definition) is 2. The van der Waals surface area contributed by atoms with Crippen molar-refractivity contribution in [1.82, 2.24) is 0 Å². The number of fused-ring (bicyclic) bond motifs is 2. The molecule has 1 saturated carbocycles. The maximum absolute atomic E-state index is 11.7. The number of ether oxygens (including phenoxy) is 2. The average Bonchev–Trinajstić information content (AvgIpc) is 3.04. The zero-order valence-corrected chi connectivity index (χ0v) is 18.7. The van der Waals surface area contributed by atoms with Crippen molar-refractivity contribution in [3.63, 3.8) is 0 Å². The highest BCUT2D eigenvalue weighted by Gasteiger charge is 2.47. The molecule has 0 amide bonds. The second kappa shape index (κ2) is 11.0. The van der Waals surface area contributed by atoms with Gasteiger partial charge in [0.2, 0.25) is 0 Å². The topological polar surface area (TPSA) is 93.1 Å². The first-order valence-electron chi connectivity index (χ1n) is 11.7. The summed E-state index contributed by atoms with van der Waals surface area (Å²) >= 11 is 0. The number of hydrogen-bond acceptors (Lipinski definition) is 5. The van der Waals surface area contributed by atoms with Crippen LogP contribution in [-0.2, 0) is 27.2 Å². The molecular formula is C25H36O6. The summed E-state index contributed by atoms with van der Waals surface area (Å²) in [7, 11) is 0. The van der Waals surface area contributed by atoms with Gasteiger partial charge < -0.3 is 19.7 Å². The van der Waals surface area contributed by atoms with Gasteiger partial charge in [-0.3, -0.25) is 4.79 Å². The molecule has 1 fully saturated rings. The van der Waals surface area contributed by atoms with Crippen LogP contribution in [0.3, 0.4) is 0 Å². The summed E-state index contributed by atoms with van der Waals surface area (Å²) in [4.78, 5) is 22.7. The lowest BCUT2D eigenvalue weighted by molar-refractivity contribution is -0.148. The molecule has 0 radical (unpaired) electrons. The van der Waals surface area contributed by atoms with E-state index in [1.165, 1.54) is 12.5 Å². The zero-order chi connectivity index (χ0) is 22.4. The van der Waals surface area contributed by atoms with E-state index in [0.717, 1.165) is 63.4 Å². The molecule has 0 aromatic heterocycles. The van der Waals surface area contributed by atoms with Gasteiger partial charge in [-0.15, -0.1) is 0 Å². The third kappa shape index (κ3) is 6.22. The molecule has 5 atom stereocenters. The van der Waals surface area contributed by atoms with Gasteiger partial charge in [-0.25, -0.2) is 4.79 Å². The Hall–Kier alpha value is -2.08. The second-order valence-corrected chi connectivity index (χ2v) is 9.18. The Labute approximate surface area is 184 Å². The zero-order valence-electron chi connectivity index (χ0n) is 18.7. The molecule has 1 aromatic carbocycles. The van der Waals surface area contributed by atoms with Gasteiger partial charge in [0.25, 0.3) is 0 Å². The maximum Gasteiger partial charge on any atom is 0.341 e. The number of aliphatic hydroxyl groups excluding tert-OH is 1. The van der Waals surface area contributed by atoms with Crippen LogP contribution in [0.5, 0.6) is 5.75 Å². The molecule has 0 bridgehead atoms. The Morgan fingerprint density at radius 2 is 2.00 bits per heavy atom. The molecule has 0 aliphatic heterocycles. The minimum absolute atomic E-state index is 0.118. The van der Waals surface area contributed by atoms with Crippen molar-refractivity contribution in [2.24, 2.45) is 17.8 Å². The van der Waals surface area contributed by atoms with Gasteiger partial charge in [-0.05, 0) is 73.5 Å². The molecule has 2 N–H and O–H groups in total. The van der Waals surface area contributed by atoms with Crippen molar-refractivity contribution in [3.8, 4) is 5.75 Å². The van der Waals surface area contributed by atoms with Gasteiger partial charge in [-0.1, -0.05) is 38.3 Å². The molecular weight excluding hydrogens is 396 g/mol. The molecule has 0 spiro atoms. The van der Waals surface area contributed by atoms with Crippen LogP contribution in [0.15, 0.2) is 18.2 Å². The number of esters is 1. The van der Waals surface area contributed by atoms with Gasteiger partial charge in [0.15, 0.2) is 6.61 Å². The summed E-state index contributed by atoms with van der Waals surface area (Å²) in [6.07, 6.45) is 7.85. The lowest BCUT2D eigenvalue weighted by Crippen LogP contribution is -2.29. The Bertz CT molecular complexity index is 760. The van der Waals surface area contributed by atoms with Crippen LogP contribution in [0.4, 0.5) is 0 Å². The minimum Gasteiger partial charge on any atom is -0.482 e. The highest BCUT2D eigenvalue weighted by molar-refractivity contribution is 5.68. The van der Waals surface area contributed by atoms with E-state index >= 15 is 0 Å². The molecule has 172 valence electrons. The predicted octanol–water partition coefficient (Wildman–Crippen LogP) is 4.15. The number of carboxylic acid groups (broad SMARTS) is 1. The van der Waals surface area contributed by atoms with Gasteiger partial charge >= 0.3 is 11.9 Å². The number of rotatable bonds is 11. The summed E-state index contributed by atoms with van der Waals surface area (Å²) in [5.74, 6) is 0.423. The van der Waals surface area contributed by atoms with Gasteiger partial charge in [0.05, 0.1) is 6.10 Å². The molecule has 3 rings (SSSR count). The average molecular weight is 433 g/mol. The van der Waals surface area contributed by atoms with E-state index in [4.69, 9.17) is 14.6 Å². The fraction of sp³-hybridized carbons (Fsp3) is 0.680. The Balaban J connectivity index is 1.71. The monoisotopic (exact) mass is 432 g/mol. The summed E-state index contributed by atoms with van der Waals surface area (Å²) in [5, 5.41) is 19.4. The summed E-state index contributed by atoms with van der Waals surface area (Å²) in [6.45, 7) is 3.28.